The summed E-state index contributed by atoms with van der Waals surface area (Å²) < 4.78 is 26.6. The Morgan fingerprint density at radius 1 is 1.00 bits per heavy atom. The van der Waals surface area contributed by atoms with Crippen LogP contribution in [-0.4, -0.2) is 20.9 Å². The first kappa shape index (κ1) is 17.2. The fraction of sp³-hybridized carbons (Fsp3) is 0.235. The van der Waals surface area contributed by atoms with Crippen LogP contribution in [0.25, 0.3) is 0 Å². The van der Waals surface area contributed by atoms with Crippen LogP contribution < -0.4 is 10.0 Å². The van der Waals surface area contributed by atoms with Crippen LogP contribution in [0.4, 0.5) is 5.69 Å². The number of rotatable bonds is 6. The van der Waals surface area contributed by atoms with E-state index in [1.54, 1.807) is 30.3 Å². The van der Waals surface area contributed by atoms with Crippen molar-refractivity contribution in [1.82, 2.24) is 4.72 Å². The highest BCUT2D eigenvalue weighted by Gasteiger charge is 2.13. The molecule has 0 saturated carbocycles. The summed E-state index contributed by atoms with van der Waals surface area (Å²) in [6.07, 6.45) is 0.0685. The molecule has 0 aliphatic heterocycles. The lowest BCUT2D eigenvalue weighted by Gasteiger charge is -2.08. The van der Waals surface area contributed by atoms with Crippen molar-refractivity contribution < 1.29 is 13.2 Å². The van der Waals surface area contributed by atoms with E-state index in [4.69, 9.17) is 0 Å². The highest BCUT2D eigenvalue weighted by molar-refractivity contribution is 7.89. The van der Waals surface area contributed by atoms with Crippen molar-refractivity contribution in [3.63, 3.8) is 0 Å². The minimum atomic E-state index is -3.58. The summed E-state index contributed by atoms with van der Waals surface area (Å²) in [4.78, 5) is 12.0. The molecule has 23 heavy (non-hydrogen) atoms. The Hall–Kier alpha value is -2.18. The third-order valence-corrected chi connectivity index (χ3v) is 4.75. The fourth-order valence-corrected chi connectivity index (χ4v) is 3.08. The summed E-state index contributed by atoms with van der Waals surface area (Å²) in [5.74, 6) is -0.234. The number of sulfonamides is 1. The van der Waals surface area contributed by atoms with E-state index in [0.717, 1.165) is 11.1 Å². The Bertz CT molecular complexity index is 784. The maximum Gasteiger partial charge on any atom is 0.240 e. The van der Waals surface area contributed by atoms with E-state index < -0.39 is 10.0 Å². The van der Waals surface area contributed by atoms with Gasteiger partial charge in [-0.05, 0) is 43.7 Å². The lowest BCUT2D eigenvalue weighted by atomic mass is 10.2. The fourth-order valence-electron chi connectivity index (χ4n) is 2.05. The molecule has 0 radical (unpaired) electrons. The van der Waals surface area contributed by atoms with Gasteiger partial charge < -0.3 is 5.32 Å². The summed E-state index contributed by atoms with van der Waals surface area (Å²) in [6, 6.07) is 14.0. The van der Waals surface area contributed by atoms with Crippen LogP contribution in [0.1, 0.15) is 17.5 Å². The Kier molecular flexibility index (Phi) is 5.52. The minimum absolute atomic E-state index is 0.0495. The molecule has 0 saturated heterocycles. The standard InChI is InChI=1S/C17H20N2O3S/c1-13-6-8-16(9-7-13)23(21,22)18-11-10-17(20)19-15-5-3-4-14(2)12-15/h3-9,12,18H,10-11H2,1-2H3,(H,19,20). The molecule has 1 amide bonds. The summed E-state index contributed by atoms with van der Waals surface area (Å²) in [5.41, 5.74) is 2.74. The van der Waals surface area contributed by atoms with Gasteiger partial charge in [0.2, 0.25) is 15.9 Å². The van der Waals surface area contributed by atoms with Crippen LogP contribution in [0.3, 0.4) is 0 Å². The molecule has 2 aromatic carbocycles. The van der Waals surface area contributed by atoms with Crippen LogP contribution in [0, 0.1) is 13.8 Å². The average Bonchev–Trinajstić information content (AvgIpc) is 2.47. The summed E-state index contributed by atoms with van der Waals surface area (Å²) in [5, 5.41) is 2.74. The Morgan fingerprint density at radius 3 is 2.35 bits per heavy atom. The summed E-state index contributed by atoms with van der Waals surface area (Å²) >= 11 is 0. The number of anilines is 1. The number of carbonyl (C=O) groups excluding carboxylic acids is 1. The van der Waals surface area contributed by atoms with E-state index >= 15 is 0 Å². The molecule has 0 fully saturated rings. The molecule has 5 nitrogen and oxygen atoms in total. The number of hydrogen-bond acceptors (Lipinski definition) is 3. The van der Waals surface area contributed by atoms with Gasteiger partial charge in [0.1, 0.15) is 0 Å². The molecule has 0 aromatic heterocycles. The normalized spacial score (nSPS) is 11.2. The van der Waals surface area contributed by atoms with Gasteiger partial charge in [0.15, 0.2) is 0 Å². The zero-order valence-corrected chi connectivity index (χ0v) is 14.0. The maximum absolute atomic E-state index is 12.1. The average molecular weight is 332 g/mol. The summed E-state index contributed by atoms with van der Waals surface area (Å²) in [6.45, 7) is 3.87. The lowest BCUT2D eigenvalue weighted by Crippen LogP contribution is -2.27. The van der Waals surface area contributed by atoms with E-state index in [1.165, 1.54) is 0 Å². The highest BCUT2D eigenvalue weighted by atomic mass is 32.2. The number of aryl methyl sites for hydroxylation is 2. The molecule has 0 aliphatic rings. The first-order valence-electron chi connectivity index (χ1n) is 7.30. The van der Waals surface area contributed by atoms with E-state index in [2.05, 4.69) is 10.0 Å². The first-order chi connectivity index (χ1) is 10.9. The molecule has 6 heteroatoms. The molecule has 0 aliphatic carbocycles. The highest BCUT2D eigenvalue weighted by Crippen LogP contribution is 2.11. The van der Waals surface area contributed by atoms with E-state index in [0.29, 0.717) is 5.69 Å². The van der Waals surface area contributed by atoms with Gasteiger partial charge in [-0.3, -0.25) is 4.79 Å². The zero-order valence-electron chi connectivity index (χ0n) is 13.2. The van der Waals surface area contributed by atoms with Gasteiger partial charge in [-0.2, -0.15) is 0 Å². The predicted octanol–water partition coefficient (Wildman–Crippen LogP) is 2.61. The van der Waals surface area contributed by atoms with Gasteiger partial charge in [-0.25, -0.2) is 13.1 Å². The quantitative estimate of drug-likeness (QED) is 0.854. The Balaban J connectivity index is 1.86. The van der Waals surface area contributed by atoms with Gasteiger partial charge in [-0.15, -0.1) is 0 Å². The zero-order chi connectivity index (χ0) is 16.9. The van der Waals surface area contributed by atoms with Crippen LogP contribution in [0.5, 0.6) is 0 Å². The second-order valence-corrected chi connectivity index (χ2v) is 7.15. The van der Waals surface area contributed by atoms with Crippen molar-refractivity contribution in [2.24, 2.45) is 0 Å². The third-order valence-electron chi connectivity index (χ3n) is 3.28. The largest absolute Gasteiger partial charge is 0.326 e. The molecular formula is C17H20N2O3S. The third kappa shape index (κ3) is 5.19. The van der Waals surface area contributed by atoms with Crippen molar-refractivity contribution >= 4 is 21.6 Å². The SMILES string of the molecule is Cc1ccc(S(=O)(=O)NCCC(=O)Nc2cccc(C)c2)cc1. The van der Waals surface area contributed by atoms with Gasteiger partial charge in [0.25, 0.3) is 0 Å². The topological polar surface area (TPSA) is 75.3 Å². The molecular weight excluding hydrogens is 312 g/mol. The Labute approximate surface area is 136 Å². The minimum Gasteiger partial charge on any atom is -0.326 e. The van der Waals surface area contributed by atoms with E-state index in [1.807, 2.05) is 32.0 Å². The molecule has 0 atom stereocenters. The van der Waals surface area contributed by atoms with Crippen LogP contribution in [-0.2, 0) is 14.8 Å². The van der Waals surface area contributed by atoms with Crippen molar-refractivity contribution in [3.8, 4) is 0 Å². The van der Waals surface area contributed by atoms with Crippen molar-refractivity contribution in [2.45, 2.75) is 25.2 Å². The Morgan fingerprint density at radius 2 is 1.70 bits per heavy atom. The molecule has 0 unspecified atom stereocenters. The van der Waals surface area contributed by atoms with Crippen LogP contribution >= 0.6 is 0 Å². The van der Waals surface area contributed by atoms with E-state index in [-0.39, 0.29) is 23.8 Å². The molecule has 2 aromatic rings. The maximum atomic E-state index is 12.1. The molecule has 122 valence electrons. The second kappa shape index (κ2) is 7.39. The van der Waals surface area contributed by atoms with Crippen molar-refractivity contribution in [2.75, 3.05) is 11.9 Å². The van der Waals surface area contributed by atoms with E-state index in [9.17, 15) is 13.2 Å². The molecule has 2 rings (SSSR count). The number of amides is 1. The smallest absolute Gasteiger partial charge is 0.240 e. The predicted molar refractivity (Wildman–Crippen MR) is 90.8 cm³/mol. The number of hydrogen-bond donors (Lipinski definition) is 2. The van der Waals surface area contributed by atoms with Gasteiger partial charge in [0.05, 0.1) is 4.90 Å². The number of benzene rings is 2. The van der Waals surface area contributed by atoms with Crippen molar-refractivity contribution in [1.29, 1.82) is 0 Å². The molecule has 0 heterocycles. The van der Waals surface area contributed by atoms with Gasteiger partial charge >= 0.3 is 0 Å². The van der Waals surface area contributed by atoms with Crippen LogP contribution in [0.2, 0.25) is 0 Å². The first-order valence-corrected chi connectivity index (χ1v) is 8.78. The number of carbonyl (C=O) groups is 1. The molecule has 2 N–H and O–H groups in total. The number of nitrogens with one attached hydrogen (secondary N) is 2. The lowest BCUT2D eigenvalue weighted by molar-refractivity contribution is -0.116. The van der Waals surface area contributed by atoms with Crippen LogP contribution in [0.15, 0.2) is 53.4 Å². The molecule has 0 spiro atoms. The van der Waals surface area contributed by atoms with Gasteiger partial charge in [0, 0.05) is 18.7 Å². The summed E-state index contributed by atoms with van der Waals surface area (Å²) in [7, 11) is -3.58. The van der Waals surface area contributed by atoms with Crippen molar-refractivity contribution in [3.05, 3.63) is 59.7 Å². The monoisotopic (exact) mass is 332 g/mol. The second-order valence-electron chi connectivity index (χ2n) is 5.38. The van der Waals surface area contributed by atoms with Gasteiger partial charge in [-0.1, -0.05) is 29.8 Å². The molecule has 0 bridgehead atoms.